The third-order valence-corrected chi connectivity index (χ3v) is 9.93. The lowest BCUT2D eigenvalue weighted by molar-refractivity contribution is -0.147. The zero-order valence-corrected chi connectivity index (χ0v) is 33.3. The van der Waals surface area contributed by atoms with Gasteiger partial charge in [0.15, 0.2) is 0 Å². The number of aliphatic hydroxyl groups excluding tert-OH is 1. The second kappa shape index (κ2) is 37.5. The van der Waals surface area contributed by atoms with Crippen LogP contribution < -0.4 is 5.32 Å². The van der Waals surface area contributed by atoms with E-state index in [1.165, 1.54) is 122 Å². The number of amides is 1. The highest BCUT2D eigenvalue weighted by Crippen LogP contribution is 2.42. The first-order chi connectivity index (χ1) is 24.3. The Morgan fingerprint density at radius 3 is 1.52 bits per heavy atom. The van der Waals surface area contributed by atoms with Crippen molar-refractivity contribution in [3.63, 3.8) is 0 Å². The number of carbonyl (C=O) groups is 2. The first kappa shape index (κ1) is 48.8. The van der Waals surface area contributed by atoms with Gasteiger partial charge in [-0.3, -0.25) is 18.6 Å². The van der Waals surface area contributed by atoms with Crippen LogP contribution in [0, 0.1) is 0 Å². The molecule has 0 spiro atoms. The number of hydrogen-bond acceptors (Lipinski definition) is 7. The predicted molar refractivity (Wildman–Crippen MR) is 206 cm³/mol. The second-order valence-corrected chi connectivity index (χ2v) is 15.4. The monoisotopic (exact) mass is 732 g/mol. The quantitative estimate of drug-likeness (QED) is 0.0246. The van der Waals surface area contributed by atoms with E-state index < -0.39 is 26.5 Å². The van der Waals surface area contributed by atoms with E-state index in [0.29, 0.717) is 6.42 Å². The van der Waals surface area contributed by atoms with Gasteiger partial charge in [-0.25, -0.2) is 4.57 Å². The Morgan fingerprint density at radius 2 is 1.02 bits per heavy atom. The van der Waals surface area contributed by atoms with Gasteiger partial charge in [0.2, 0.25) is 5.91 Å². The molecule has 0 aromatic rings. The van der Waals surface area contributed by atoms with Crippen LogP contribution in [0.3, 0.4) is 0 Å². The van der Waals surface area contributed by atoms with Crippen molar-refractivity contribution in [3.05, 3.63) is 12.2 Å². The molecule has 0 aliphatic heterocycles. The molecule has 2 unspecified atom stereocenters. The average molecular weight is 732 g/mol. The van der Waals surface area contributed by atoms with Crippen molar-refractivity contribution in [1.29, 1.82) is 0 Å². The second-order valence-electron chi connectivity index (χ2n) is 14.0. The van der Waals surface area contributed by atoms with Crippen molar-refractivity contribution in [3.8, 4) is 0 Å². The van der Waals surface area contributed by atoms with Crippen molar-refractivity contribution in [2.24, 2.45) is 0 Å². The number of phosphoric ester groups is 1. The third kappa shape index (κ3) is 38.0. The Morgan fingerprint density at radius 1 is 0.600 bits per heavy atom. The van der Waals surface area contributed by atoms with Gasteiger partial charge in [0.05, 0.1) is 13.2 Å². The van der Waals surface area contributed by atoms with Gasteiger partial charge in [0.25, 0.3) is 0 Å². The summed E-state index contributed by atoms with van der Waals surface area (Å²) in [7, 11) is -4.41. The number of esters is 1. The SMILES string of the molecule is CCCCCC/C=C\CCCCCCCC(=O)NCCOP(=O)(O)OCC(O)COC(=O)CCCCCCCCCCCCCCCCCC. The van der Waals surface area contributed by atoms with Crippen LogP contribution in [-0.4, -0.2) is 54.3 Å². The van der Waals surface area contributed by atoms with E-state index in [2.05, 4.69) is 31.3 Å². The van der Waals surface area contributed by atoms with Crippen LogP contribution >= 0.6 is 7.82 Å². The Bertz CT molecular complexity index is 840. The molecule has 3 N–H and O–H groups in total. The van der Waals surface area contributed by atoms with Crippen LogP contribution in [-0.2, 0) is 27.9 Å². The topological polar surface area (TPSA) is 131 Å². The predicted octanol–water partition coefficient (Wildman–Crippen LogP) is 11.0. The molecule has 296 valence electrons. The summed E-state index contributed by atoms with van der Waals surface area (Å²) in [5.41, 5.74) is 0. The summed E-state index contributed by atoms with van der Waals surface area (Å²) in [5, 5.41) is 12.7. The van der Waals surface area contributed by atoms with Gasteiger partial charge < -0.3 is 20.1 Å². The molecular formula is C40H78NO8P. The molecule has 0 heterocycles. The summed E-state index contributed by atoms with van der Waals surface area (Å²) in [5.74, 6) is -0.519. The minimum absolute atomic E-state index is 0.0804. The van der Waals surface area contributed by atoms with Crippen LogP contribution in [0.5, 0.6) is 0 Å². The first-order valence-corrected chi connectivity index (χ1v) is 22.2. The van der Waals surface area contributed by atoms with Crippen molar-refractivity contribution in [2.75, 3.05) is 26.4 Å². The summed E-state index contributed by atoms with van der Waals surface area (Å²) in [6.07, 6.45) is 37.1. The number of phosphoric acid groups is 1. The van der Waals surface area contributed by atoms with E-state index in [0.717, 1.165) is 51.4 Å². The number of hydrogen-bond donors (Lipinski definition) is 3. The largest absolute Gasteiger partial charge is 0.472 e. The van der Waals surface area contributed by atoms with Crippen molar-refractivity contribution in [2.45, 2.75) is 206 Å². The number of aliphatic hydroxyl groups is 1. The number of allylic oxidation sites excluding steroid dienone is 2. The molecular weight excluding hydrogens is 653 g/mol. The summed E-state index contributed by atoms with van der Waals surface area (Å²) >= 11 is 0. The number of unbranched alkanes of at least 4 members (excludes halogenated alkanes) is 24. The normalized spacial score (nSPS) is 13.4. The minimum Gasteiger partial charge on any atom is -0.463 e. The average Bonchev–Trinajstić information content (AvgIpc) is 3.10. The zero-order valence-electron chi connectivity index (χ0n) is 32.4. The van der Waals surface area contributed by atoms with E-state index in [-0.39, 0.29) is 32.1 Å². The van der Waals surface area contributed by atoms with E-state index in [1.54, 1.807) is 0 Å². The van der Waals surface area contributed by atoms with Crippen LogP contribution in [0.2, 0.25) is 0 Å². The van der Waals surface area contributed by atoms with Crippen molar-refractivity contribution >= 4 is 19.7 Å². The lowest BCUT2D eigenvalue weighted by Crippen LogP contribution is -2.27. The van der Waals surface area contributed by atoms with Crippen LogP contribution in [0.25, 0.3) is 0 Å². The molecule has 0 saturated heterocycles. The van der Waals surface area contributed by atoms with Gasteiger partial charge >= 0.3 is 13.8 Å². The molecule has 9 nitrogen and oxygen atoms in total. The van der Waals surface area contributed by atoms with E-state index in [1.807, 2.05) is 0 Å². The highest BCUT2D eigenvalue weighted by molar-refractivity contribution is 7.47. The lowest BCUT2D eigenvalue weighted by Gasteiger charge is -2.15. The molecule has 0 radical (unpaired) electrons. The van der Waals surface area contributed by atoms with Crippen LogP contribution in [0.4, 0.5) is 0 Å². The fourth-order valence-electron chi connectivity index (χ4n) is 5.79. The molecule has 0 saturated carbocycles. The molecule has 50 heavy (non-hydrogen) atoms. The van der Waals surface area contributed by atoms with Gasteiger partial charge in [-0.2, -0.15) is 0 Å². The standard InChI is InChI=1S/C40H78NO8P/c1-3-5-7-9-11-13-15-17-18-19-21-23-25-27-29-31-33-40(44)47-36-38(42)37-49-50(45,46)48-35-34-41-39(43)32-30-28-26-24-22-20-16-14-12-10-8-6-4-2/h14,16,38,42H,3-13,15,17-37H2,1-2H3,(H,41,43)(H,45,46)/b16-14-. The fourth-order valence-corrected chi connectivity index (χ4v) is 6.54. The fraction of sp³-hybridized carbons (Fsp3) is 0.900. The zero-order chi connectivity index (χ0) is 36.8. The lowest BCUT2D eigenvalue weighted by atomic mass is 10.0. The van der Waals surface area contributed by atoms with E-state index in [9.17, 15) is 24.2 Å². The Balaban J connectivity index is 3.59. The maximum absolute atomic E-state index is 12.1. The molecule has 2 atom stereocenters. The summed E-state index contributed by atoms with van der Waals surface area (Å²) < 4.78 is 26.8. The van der Waals surface area contributed by atoms with Crippen LogP contribution in [0.1, 0.15) is 200 Å². The molecule has 1 amide bonds. The third-order valence-electron chi connectivity index (χ3n) is 8.95. The maximum Gasteiger partial charge on any atom is 0.472 e. The van der Waals surface area contributed by atoms with Gasteiger partial charge in [0, 0.05) is 19.4 Å². The van der Waals surface area contributed by atoms with E-state index in [4.69, 9.17) is 13.8 Å². The Labute approximate surface area is 307 Å². The minimum atomic E-state index is -4.41. The summed E-state index contributed by atoms with van der Waals surface area (Å²) in [4.78, 5) is 33.8. The molecule has 0 aromatic heterocycles. The Hall–Kier alpha value is -1.25. The molecule has 0 aliphatic rings. The van der Waals surface area contributed by atoms with Gasteiger partial charge in [-0.1, -0.05) is 161 Å². The van der Waals surface area contributed by atoms with Crippen LogP contribution in [0.15, 0.2) is 12.2 Å². The molecule has 0 bridgehead atoms. The number of rotatable bonds is 39. The maximum atomic E-state index is 12.1. The molecule has 10 heteroatoms. The number of ether oxygens (including phenoxy) is 1. The Kier molecular flexibility index (Phi) is 36.6. The van der Waals surface area contributed by atoms with Gasteiger partial charge in [-0.15, -0.1) is 0 Å². The van der Waals surface area contributed by atoms with Gasteiger partial charge in [-0.05, 0) is 38.5 Å². The van der Waals surface area contributed by atoms with Crippen molar-refractivity contribution in [1.82, 2.24) is 5.32 Å². The molecule has 0 fully saturated rings. The highest BCUT2D eigenvalue weighted by atomic mass is 31.2. The van der Waals surface area contributed by atoms with Gasteiger partial charge in [0.1, 0.15) is 12.7 Å². The number of nitrogens with one attached hydrogen (secondary N) is 1. The van der Waals surface area contributed by atoms with E-state index >= 15 is 0 Å². The smallest absolute Gasteiger partial charge is 0.463 e. The molecule has 0 aromatic carbocycles. The summed E-state index contributed by atoms with van der Waals surface area (Å²) in [6, 6.07) is 0. The molecule has 0 rings (SSSR count). The van der Waals surface area contributed by atoms with Crippen molar-refractivity contribution < 1.29 is 37.9 Å². The molecule has 0 aliphatic carbocycles. The first-order valence-electron chi connectivity index (χ1n) is 20.7. The number of carbonyl (C=O) groups excluding carboxylic acids is 2. The highest BCUT2D eigenvalue weighted by Gasteiger charge is 2.23. The summed E-state index contributed by atoms with van der Waals surface area (Å²) in [6.45, 7) is 3.54.